The zero-order valence-corrected chi connectivity index (χ0v) is 12.4. The van der Waals surface area contributed by atoms with Gasteiger partial charge in [0.15, 0.2) is 0 Å². The van der Waals surface area contributed by atoms with Crippen LogP contribution >= 0.6 is 0 Å². The Bertz CT molecular complexity index is 394. The second kappa shape index (κ2) is 7.82. The summed E-state index contributed by atoms with van der Waals surface area (Å²) >= 11 is 0. The largest absolute Gasteiger partial charge is 0.481 e. The molecule has 1 aliphatic rings. The van der Waals surface area contributed by atoms with E-state index in [0.29, 0.717) is 26.0 Å². The van der Waals surface area contributed by atoms with Gasteiger partial charge in [0.2, 0.25) is 0 Å². The molecule has 0 atom stereocenters. The summed E-state index contributed by atoms with van der Waals surface area (Å²) < 4.78 is 9.45. The van der Waals surface area contributed by atoms with Crippen molar-refractivity contribution in [2.24, 2.45) is 5.41 Å². The van der Waals surface area contributed by atoms with Crippen LogP contribution in [-0.2, 0) is 19.1 Å². The van der Waals surface area contributed by atoms with Crippen molar-refractivity contribution in [3.8, 4) is 0 Å². The second-order valence-electron chi connectivity index (χ2n) is 5.05. The van der Waals surface area contributed by atoms with Crippen LogP contribution in [0.15, 0.2) is 0 Å². The molecule has 8 heteroatoms. The van der Waals surface area contributed by atoms with Crippen molar-refractivity contribution in [1.82, 2.24) is 10.2 Å². The molecule has 21 heavy (non-hydrogen) atoms. The fourth-order valence-corrected chi connectivity index (χ4v) is 1.82. The zero-order valence-electron chi connectivity index (χ0n) is 12.4. The van der Waals surface area contributed by atoms with E-state index in [0.717, 1.165) is 0 Å². The van der Waals surface area contributed by atoms with Crippen LogP contribution in [0.25, 0.3) is 0 Å². The van der Waals surface area contributed by atoms with E-state index in [1.807, 2.05) is 0 Å². The Hall–Kier alpha value is -1.83. The van der Waals surface area contributed by atoms with E-state index < -0.39 is 23.4 Å². The van der Waals surface area contributed by atoms with Crippen molar-refractivity contribution in [1.29, 1.82) is 0 Å². The number of esters is 1. The number of urea groups is 1. The summed E-state index contributed by atoms with van der Waals surface area (Å²) in [5.74, 6) is -1.30. The first-order chi connectivity index (χ1) is 9.95. The van der Waals surface area contributed by atoms with Gasteiger partial charge in [-0.15, -0.1) is 0 Å². The molecule has 1 aliphatic carbocycles. The van der Waals surface area contributed by atoms with Gasteiger partial charge in [0.05, 0.1) is 25.6 Å². The Morgan fingerprint density at radius 1 is 1.24 bits per heavy atom. The van der Waals surface area contributed by atoms with Gasteiger partial charge in [0.25, 0.3) is 0 Å². The van der Waals surface area contributed by atoms with Gasteiger partial charge in [-0.25, -0.2) is 4.79 Å². The van der Waals surface area contributed by atoms with Crippen molar-refractivity contribution in [2.45, 2.75) is 19.3 Å². The van der Waals surface area contributed by atoms with Crippen LogP contribution in [0.4, 0.5) is 4.79 Å². The molecule has 0 spiro atoms. The number of rotatable bonds is 9. The molecule has 1 saturated carbocycles. The number of carbonyl (C=O) groups excluding carboxylic acids is 2. The number of methoxy groups -OCH3 is 2. The first-order valence-corrected chi connectivity index (χ1v) is 6.77. The topological polar surface area (TPSA) is 105 Å². The standard InChI is InChI=1S/C13H22N2O6/c1-20-8-7-15(6-3-10(16)21-2)12(19)14-9-13(4-5-13)11(17)18/h3-9H2,1-2H3,(H,14,19)(H,17,18). The van der Waals surface area contributed by atoms with E-state index in [-0.39, 0.29) is 19.5 Å². The molecule has 0 aromatic rings. The quantitative estimate of drug-likeness (QED) is 0.584. The maximum Gasteiger partial charge on any atom is 0.317 e. The molecule has 0 heterocycles. The molecule has 1 rings (SSSR count). The predicted molar refractivity (Wildman–Crippen MR) is 72.8 cm³/mol. The number of carboxylic acid groups (broad SMARTS) is 1. The van der Waals surface area contributed by atoms with Gasteiger partial charge in [-0.05, 0) is 12.8 Å². The van der Waals surface area contributed by atoms with Gasteiger partial charge in [0, 0.05) is 26.7 Å². The van der Waals surface area contributed by atoms with Crippen LogP contribution < -0.4 is 5.32 Å². The lowest BCUT2D eigenvalue weighted by atomic mass is 10.1. The fraction of sp³-hybridized carbons (Fsp3) is 0.769. The van der Waals surface area contributed by atoms with Gasteiger partial charge in [-0.1, -0.05) is 0 Å². The van der Waals surface area contributed by atoms with Gasteiger partial charge in [-0.2, -0.15) is 0 Å². The zero-order chi connectivity index (χ0) is 15.9. The molecule has 0 saturated heterocycles. The van der Waals surface area contributed by atoms with Crippen LogP contribution in [-0.4, -0.2) is 68.4 Å². The highest BCUT2D eigenvalue weighted by Crippen LogP contribution is 2.45. The van der Waals surface area contributed by atoms with Gasteiger partial charge in [0.1, 0.15) is 0 Å². The number of nitrogens with one attached hydrogen (secondary N) is 1. The van der Waals surface area contributed by atoms with Crippen LogP contribution in [0, 0.1) is 5.41 Å². The minimum Gasteiger partial charge on any atom is -0.481 e. The minimum absolute atomic E-state index is 0.0811. The number of hydrogen-bond donors (Lipinski definition) is 2. The summed E-state index contributed by atoms with van der Waals surface area (Å²) in [6, 6.07) is -0.400. The van der Waals surface area contributed by atoms with Crippen molar-refractivity contribution in [2.75, 3.05) is 40.5 Å². The predicted octanol–water partition coefficient (Wildman–Crippen LogP) is 0.0723. The molecular weight excluding hydrogens is 280 g/mol. The van der Waals surface area contributed by atoms with Crippen molar-refractivity contribution in [3.05, 3.63) is 0 Å². The Kier molecular flexibility index (Phi) is 6.41. The third kappa shape index (κ3) is 5.22. The number of carbonyl (C=O) groups is 3. The molecule has 2 N–H and O–H groups in total. The first-order valence-electron chi connectivity index (χ1n) is 6.77. The number of carboxylic acids is 1. The first kappa shape index (κ1) is 17.2. The number of hydrogen-bond acceptors (Lipinski definition) is 5. The smallest absolute Gasteiger partial charge is 0.317 e. The average Bonchev–Trinajstić information content (AvgIpc) is 3.25. The summed E-state index contributed by atoms with van der Waals surface area (Å²) in [4.78, 5) is 35.7. The van der Waals surface area contributed by atoms with E-state index >= 15 is 0 Å². The van der Waals surface area contributed by atoms with Crippen molar-refractivity contribution >= 4 is 18.0 Å². The van der Waals surface area contributed by atoms with E-state index in [1.54, 1.807) is 0 Å². The monoisotopic (exact) mass is 302 g/mol. The Balaban J connectivity index is 2.46. The van der Waals surface area contributed by atoms with E-state index in [1.165, 1.54) is 19.1 Å². The molecule has 0 aliphatic heterocycles. The maximum atomic E-state index is 12.1. The molecule has 1 fully saturated rings. The van der Waals surface area contributed by atoms with E-state index in [2.05, 4.69) is 10.1 Å². The summed E-state index contributed by atoms with van der Waals surface area (Å²) in [6.07, 6.45) is 1.23. The maximum absolute atomic E-state index is 12.1. The lowest BCUT2D eigenvalue weighted by Crippen LogP contribution is -2.45. The molecule has 120 valence electrons. The number of nitrogens with zero attached hydrogens (tertiary/aromatic N) is 1. The summed E-state index contributed by atoms with van der Waals surface area (Å²) in [7, 11) is 2.80. The van der Waals surface area contributed by atoms with Crippen molar-refractivity contribution < 1.29 is 29.0 Å². The lowest BCUT2D eigenvalue weighted by Gasteiger charge is -2.23. The molecule has 0 aromatic heterocycles. The second-order valence-corrected chi connectivity index (χ2v) is 5.05. The van der Waals surface area contributed by atoms with Crippen molar-refractivity contribution in [3.63, 3.8) is 0 Å². The third-order valence-electron chi connectivity index (χ3n) is 3.55. The molecule has 0 unspecified atom stereocenters. The third-order valence-corrected chi connectivity index (χ3v) is 3.55. The van der Waals surface area contributed by atoms with E-state index in [4.69, 9.17) is 9.84 Å². The molecule has 8 nitrogen and oxygen atoms in total. The molecule has 0 radical (unpaired) electrons. The summed E-state index contributed by atoms with van der Waals surface area (Å²) in [6.45, 7) is 0.947. The number of amides is 2. The highest BCUT2D eigenvalue weighted by Gasteiger charge is 2.50. The number of ether oxygens (including phenoxy) is 2. The average molecular weight is 302 g/mol. The normalized spacial score (nSPS) is 15.1. The van der Waals surface area contributed by atoms with Crippen LogP contribution in [0.1, 0.15) is 19.3 Å². The summed E-state index contributed by atoms with van der Waals surface area (Å²) in [5.41, 5.74) is -0.815. The Morgan fingerprint density at radius 2 is 1.90 bits per heavy atom. The highest BCUT2D eigenvalue weighted by atomic mass is 16.5. The molecular formula is C13H22N2O6. The van der Waals surface area contributed by atoms with Gasteiger partial charge in [-0.3, -0.25) is 9.59 Å². The van der Waals surface area contributed by atoms with E-state index in [9.17, 15) is 14.4 Å². The fourth-order valence-electron chi connectivity index (χ4n) is 1.82. The lowest BCUT2D eigenvalue weighted by molar-refractivity contribution is -0.143. The molecule has 0 aromatic carbocycles. The molecule has 0 bridgehead atoms. The SMILES string of the molecule is COCCN(CCC(=O)OC)C(=O)NCC1(C(=O)O)CC1. The Morgan fingerprint density at radius 3 is 2.38 bits per heavy atom. The summed E-state index contributed by atoms with van der Waals surface area (Å²) in [5, 5.41) is 11.7. The minimum atomic E-state index is -0.888. The number of aliphatic carboxylic acids is 1. The van der Waals surface area contributed by atoms with Gasteiger partial charge < -0.3 is 24.8 Å². The van der Waals surface area contributed by atoms with Gasteiger partial charge >= 0.3 is 18.0 Å². The highest BCUT2D eigenvalue weighted by molar-refractivity contribution is 5.80. The Labute approximate surface area is 123 Å². The van der Waals surface area contributed by atoms with Crippen LogP contribution in [0.3, 0.4) is 0 Å². The molecule has 2 amide bonds. The van der Waals surface area contributed by atoms with Crippen LogP contribution in [0.2, 0.25) is 0 Å². The van der Waals surface area contributed by atoms with Crippen LogP contribution in [0.5, 0.6) is 0 Å².